The molecule has 0 spiro atoms. The minimum Gasteiger partial charge on any atom is -0.322 e. The Morgan fingerprint density at radius 3 is 1.23 bits per heavy atom. The highest BCUT2D eigenvalue weighted by molar-refractivity contribution is 5.50. The Balaban J connectivity index is 2.12. The molecule has 0 aliphatic rings. The second-order valence-corrected chi connectivity index (χ2v) is 8.56. The lowest BCUT2D eigenvalue weighted by Gasteiger charge is -2.44. The van der Waals surface area contributed by atoms with E-state index in [4.69, 9.17) is 0 Å². The normalized spacial score (nSPS) is 13.2. The van der Waals surface area contributed by atoms with E-state index in [9.17, 15) is 0 Å². The Kier molecular flexibility index (Phi) is 7.50. The lowest BCUT2D eigenvalue weighted by molar-refractivity contribution is -0.945. The summed E-state index contributed by atoms with van der Waals surface area (Å²) in [5.74, 6) is 0. The molecular weight excluding hydrogens is 362 g/mol. The molecule has 0 fully saturated rings. The van der Waals surface area contributed by atoms with Gasteiger partial charge in [0.25, 0.3) is 0 Å². The van der Waals surface area contributed by atoms with Crippen LogP contribution in [0.15, 0.2) is 91.0 Å². The second-order valence-electron chi connectivity index (χ2n) is 8.56. The predicted octanol–water partition coefficient (Wildman–Crippen LogP) is 7.07. The first kappa shape index (κ1) is 22.3. The molecule has 0 aliphatic heterocycles. The Morgan fingerprint density at radius 1 is 0.600 bits per heavy atom. The van der Waals surface area contributed by atoms with Crippen molar-refractivity contribution in [1.29, 1.82) is 0 Å². The zero-order valence-corrected chi connectivity index (χ0v) is 19.2. The molecule has 0 bridgehead atoms. The van der Waals surface area contributed by atoms with Crippen molar-refractivity contribution in [2.75, 3.05) is 19.6 Å². The fourth-order valence-corrected chi connectivity index (χ4v) is 5.41. The monoisotopic (exact) mass is 400 g/mol. The molecule has 0 amide bonds. The molecule has 1 atom stereocenters. The maximum Gasteiger partial charge on any atom is 0.0862 e. The first-order valence-electron chi connectivity index (χ1n) is 11.6. The third-order valence-electron chi connectivity index (χ3n) is 7.56. The van der Waals surface area contributed by atoms with Gasteiger partial charge in [-0.2, -0.15) is 0 Å². The van der Waals surface area contributed by atoms with Crippen molar-refractivity contribution < 1.29 is 4.48 Å². The van der Waals surface area contributed by atoms with Crippen LogP contribution in [0.5, 0.6) is 0 Å². The number of hydrogen-bond donors (Lipinski definition) is 0. The number of hydrogen-bond acceptors (Lipinski definition) is 0. The minimum atomic E-state index is -0.136. The summed E-state index contributed by atoms with van der Waals surface area (Å²) in [4.78, 5) is 0. The summed E-state index contributed by atoms with van der Waals surface area (Å²) in [5.41, 5.74) is 4.02. The molecule has 3 aromatic carbocycles. The van der Waals surface area contributed by atoms with Crippen molar-refractivity contribution in [2.24, 2.45) is 0 Å². The van der Waals surface area contributed by atoms with E-state index in [-0.39, 0.29) is 5.41 Å². The quantitative estimate of drug-likeness (QED) is 0.252. The maximum atomic E-state index is 2.46. The lowest BCUT2D eigenvalue weighted by Crippen LogP contribution is -2.54. The van der Waals surface area contributed by atoms with Gasteiger partial charge in [0.1, 0.15) is 0 Å². The van der Waals surface area contributed by atoms with Crippen molar-refractivity contribution in [3.05, 3.63) is 108 Å². The summed E-state index contributed by atoms with van der Waals surface area (Å²) < 4.78 is 1.19. The Hall–Kier alpha value is -2.38. The van der Waals surface area contributed by atoms with Crippen LogP contribution in [-0.4, -0.2) is 30.2 Å². The van der Waals surface area contributed by atoms with Crippen LogP contribution >= 0.6 is 0 Å². The highest BCUT2D eigenvalue weighted by atomic mass is 15.4. The van der Waals surface area contributed by atoms with E-state index in [0.717, 1.165) is 6.42 Å². The van der Waals surface area contributed by atoms with Crippen LogP contribution in [0.1, 0.15) is 57.2 Å². The van der Waals surface area contributed by atoms with Crippen LogP contribution in [0.3, 0.4) is 0 Å². The van der Waals surface area contributed by atoms with E-state index in [0.29, 0.717) is 6.04 Å². The van der Waals surface area contributed by atoms with Crippen LogP contribution in [0.2, 0.25) is 0 Å². The number of benzene rings is 3. The molecule has 158 valence electrons. The van der Waals surface area contributed by atoms with Crippen molar-refractivity contribution in [2.45, 2.75) is 52.0 Å². The van der Waals surface area contributed by atoms with Crippen LogP contribution in [0, 0.1) is 0 Å². The molecule has 1 unspecified atom stereocenters. The fraction of sp³-hybridized carbons (Fsp3) is 0.379. The van der Waals surface area contributed by atoms with Gasteiger partial charge in [-0.05, 0) is 50.8 Å². The topological polar surface area (TPSA) is 0 Å². The second kappa shape index (κ2) is 10.1. The largest absolute Gasteiger partial charge is 0.322 e. The summed E-state index contributed by atoms with van der Waals surface area (Å²) >= 11 is 0. The third-order valence-corrected chi connectivity index (χ3v) is 7.56. The number of quaternary nitrogens is 1. The zero-order chi connectivity index (χ0) is 21.5. The van der Waals surface area contributed by atoms with Gasteiger partial charge in [0.05, 0.1) is 25.7 Å². The molecule has 0 radical (unpaired) electrons. The minimum absolute atomic E-state index is 0.136. The Morgan fingerprint density at radius 2 is 0.933 bits per heavy atom. The van der Waals surface area contributed by atoms with Crippen molar-refractivity contribution >= 4 is 0 Å². The summed E-state index contributed by atoms with van der Waals surface area (Å²) in [6.07, 6.45) is 2.29. The van der Waals surface area contributed by atoms with Gasteiger partial charge in [0, 0.05) is 11.8 Å². The number of nitrogens with zero attached hydrogens (tertiary/aromatic N) is 1. The Bertz CT molecular complexity index is 761. The summed E-state index contributed by atoms with van der Waals surface area (Å²) in [6.45, 7) is 13.1. The smallest absolute Gasteiger partial charge is 0.0862 e. The predicted molar refractivity (Wildman–Crippen MR) is 130 cm³/mol. The molecule has 1 heteroatoms. The standard InChI is InChI=1S/C29H38N/c1-5-30(6-2,7-3)25(4)23-24-29(26-17-11-8-12-18-26,27-19-13-9-14-20-27)28-21-15-10-16-22-28/h8-22,25H,5-7,23-24H2,1-4H3/q+1. The average Bonchev–Trinajstić information content (AvgIpc) is 2.83. The fourth-order valence-electron chi connectivity index (χ4n) is 5.41. The first-order valence-corrected chi connectivity index (χ1v) is 11.6. The van der Waals surface area contributed by atoms with Gasteiger partial charge in [-0.25, -0.2) is 0 Å². The van der Waals surface area contributed by atoms with E-state index in [1.165, 1.54) is 47.2 Å². The van der Waals surface area contributed by atoms with Crippen molar-refractivity contribution in [3.63, 3.8) is 0 Å². The maximum absolute atomic E-state index is 2.46. The van der Waals surface area contributed by atoms with Crippen LogP contribution in [0.4, 0.5) is 0 Å². The Labute approximate surface area is 184 Å². The van der Waals surface area contributed by atoms with Gasteiger partial charge in [-0.1, -0.05) is 91.0 Å². The summed E-state index contributed by atoms with van der Waals surface area (Å²) in [7, 11) is 0. The average molecular weight is 401 g/mol. The van der Waals surface area contributed by atoms with E-state index >= 15 is 0 Å². The van der Waals surface area contributed by atoms with Crippen molar-refractivity contribution in [1.82, 2.24) is 0 Å². The van der Waals surface area contributed by atoms with E-state index < -0.39 is 0 Å². The van der Waals surface area contributed by atoms with Crippen LogP contribution in [0.25, 0.3) is 0 Å². The first-order chi connectivity index (χ1) is 14.6. The molecule has 30 heavy (non-hydrogen) atoms. The zero-order valence-electron chi connectivity index (χ0n) is 19.2. The highest BCUT2D eigenvalue weighted by Crippen LogP contribution is 2.43. The number of rotatable bonds is 10. The van der Waals surface area contributed by atoms with Gasteiger partial charge >= 0.3 is 0 Å². The van der Waals surface area contributed by atoms with Crippen LogP contribution in [-0.2, 0) is 5.41 Å². The SMILES string of the molecule is CC[N+](CC)(CC)C(C)CCC(c1ccccc1)(c1ccccc1)c1ccccc1. The molecule has 3 aromatic rings. The van der Waals surface area contributed by atoms with E-state index in [1.807, 2.05) is 0 Å². The van der Waals surface area contributed by atoms with E-state index in [2.05, 4.69) is 119 Å². The van der Waals surface area contributed by atoms with Gasteiger partial charge < -0.3 is 4.48 Å². The molecule has 0 aliphatic carbocycles. The molecule has 1 nitrogen and oxygen atoms in total. The molecule has 0 saturated heterocycles. The third kappa shape index (κ3) is 4.23. The molecule has 0 N–H and O–H groups in total. The highest BCUT2D eigenvalue weighted by Gasteiger charge is 2.38. The molecule has 3 rings (SSSR count). The van der Waals surface area contributed by atoms with Gasteiger partial charge in [0.2, 0.25) is 0 Å². The summed E-state index contributed by atoms with van der Waals surface area (Å²) in [5, 5.41) is 0. The van der Waals surface area contributed by atoms with E-state index in [1.54, 1.807) is 0 Å². The molecular formula is C29H38N+. The molecule has 0 saturated carbocycles. The van der Waals surface area contributed by atoms with Gasteiger partial charge in [0.15, 0.2) is 0 Å². The molecule has 0 aromatic heterocycles. The molecule has 0 heterocycles. The van der Waals surface area contributed by atoms with Crippen LogP contribution < -0.4 is 0 Å². The van der Waals surface area contributed by atoms with Gasteiger partial charge in [-0.3, -0.25) is 0 Å². The van der Waals surface area contributed by atoms with Gasteiger partial charge in [-0.15, -0.1) is 0 Å². The summed E-state index contributed by atoms with van der Waals surface area (Å²) in [6, 6.07) is 34.0. The lowest BCUT2D eigenvalue weighted by atomic mass is 9.66. The van der Waals surface area contributed by atoms with Crippen molar-refractivity contribution in [3.8, 4) is 0 Å².